The van der Waals surface area contributed by atoms with E-state index in [1.54, 1.807) is 6.07 Å². The zero-order chi connectivity index (χ0) is 18.1. The topological polar surface area (TPSA) is 56.7 Å². The van der Waals surface area contributed by atoms with Crippen molar-refractivity contribution in [1.29, 1.82) is 0 Å². The normalized spacial score (nSPS) is 22.2. The molecule has 4 nitrogen and oxygen atoms in total. The molecule has 0 aliphatic carbocycles. The largest absolute Gasteiger partial charge is 0.508 e. The predicted molar refractivity (Wildman–Crippen MR) is 109 cm³/mol. The van der Waals surface area contributed by atoms with Crippen LogP contribution in [0, 0.1) is 6.92 Å². The Bertz CT molecular complexity index is 826. The molecule has 1 spiro atoms. The molecule has 1 fully saturated rings. The number of phenols is 1. The monoisotopic (exact) mass is 413 g/mol. The van der Waals surface area contributed by atoms with Crippen LogP contribution in [0.15, 0.2) is 51.9 Å². The number of rotatable bonds is 2. The van der Waals surface area contributed by atoms with Gasteiger partial charge in [0.2, 0.25) is 0 Å². The highest BCUT2D eigenvalue weighted by molar-refractivity contribution is 9.10. The molecule has 4 rings (SSSR count). The number of benzene rings is 2. The fraction of sp³-hybridized carbons (Fsp3) is 0.381. The average Bonchev–Trinajstić information content (AvgIpc) is 2.64. The molecule has 2 aliphatic rings. The molecule has 1 saturated heterocycles. The van der Waals surface area contributed by atoms with Crippen LogP contribution in [0.25, 0.3) is 0 Å². The van der Waals surface area contributed by atoms with Crippen LogP contribution in [0.3, 0.4) is 0 Å². The Kier molecular flexibility index (Phi) is 4.86. The number of hydrogen-bond donors (Lipinski definition) is 3. The van der Waals surface area contributed by atoms with Crippen molar-refractivity contribution in [3.63, 3.8) is 0 Å². The summed E-state index contributed by atoms with van der Waals surface area (Å²) in [7, 11) is 0. The second-order valence-corrected chi connectivity index (χ2v) is 8.23. The standard InChI is InChI=1S/C21H24BrN3O/c1-14-2-4-15(5-3-14)18-13-19(17-12-16(22)6-7-20(17)26)25-21(24-18)8-10-23-11-9-21/h2-7,12,19,23,25-26H,8-11,13H2,1H3/t19-/m0/s1. The SMILES string of the molecule is Cc1ccc(C2=NC3(CCNCC3)N[C@H](c3cc(Br)ccc3O)C2)cc1. The lowest BCUT2D eigenvalue weighted by atomic mass is 9.88. The first-order valence-corrected chi connectivity index (χ1v) is 9.97. The van der Waals surface area contributed by atoms with Gasteiger partial charge < -0.3 is 10.4 Å². The van der Waals surface area contributed by atoms with Gasteiger partial charge in [-0.2, -0.15) is 0 Å². The van der Waals surface area contributed by atoms with Crippen LogP contribution in [0.4, 0.5) is 0 Å². The van der Waals surface area contributed by atoms with E-state index in [1.165, 1.54) is 11.1 Å². The van der Waals surface area contributed by atoms with E-state index >= 15 is 0 Å². The second-order valence-electron chi connectivity index (χ2n) is 7.31. The van der Waals surface area contributed by atoms with Crippen molar-refractivity contribution in [3.8, 4) is 5.75 Å². The van der Waals surface area contributed by atoms with Crippen LogP contribution < -0.4 is 10.6 Å². The minimum atomic E-state index is -0.261. The molecule has 2 heterocycles. The number of hydrogen-bond acceptors (Lipinski definition) is 4. The van der Waals surface area contributed by atoms with E-state index in [0.29, 0.717) is 5.75 Å². The smallest absolute Gasteiger partial charge is 0.120 e. The quantitative estimate of drug-likeness (QED) is 0.695. The van der Waals surface area contributed by atoms with Crippen molar-refractivity contribution in [2.45, 2.75) is 37.9 Å². The summed E-state index contributed by atoms with van der Waals surface area (Å²) in [5, 5.41) is 17.6. The van der Waals surface area contributed by atoms with Gasteiger partial charge in [-0.3, -0.25) is 10.3 Å². The number of nitrogens with zero attached hydrogens (tertiary/aromatic N) is 1. The molecule has 0 saturated carbocycles. The number of nitrogens with one attached hydrogen (secondary N) is 2. The Balaban J connectivity index is 1.75. The number of piperidine rings is 1. The van der Waals surface area contributed by atoms with Gasteiger partial charge in [-0.15, -0.1) is 0 Å². The van der Waals surface area contributed by atoms with Gasteiger partial charge in [0.15, 0.2) is 0 Å². The first-order chi connectivity index (χ1) is 12.5. The molecule has 0 amide bonds. The van der Waals surface area contributed by atoms with E-state index in [1.807, 2.05) is 12.1 Å². The minimum Gasteiger partial charge on any atom is -0.508 e. The summed E-state index contributed by atoms with van der Waals surface area (Å²) in [6.45, 7) is 4.01. The van der Waals surface area contributed by atoms with E-state index in [4.69, 9.17) is 4.99 Å². The zero-order valence-corrected chi connectivity index (χ0v) is 16.5. The van der Waals surface area contributed by atoms with Gasteiger partial charge in [0, 0.05) is 28.2 Å². The van der Waals surface area contributed by atoms with Crippen molar-refractivity contribution in [3.05, 3.63) is 63.6 Å². The van der Waals surface area contributed by atoms with E-state index in [0.717, 1.165) is 48.1 Å². The molecule has 136 valence electrons. The highest BCUT2D eigenvalue weighted by atomic mass is 79.9. The molecule has 5 heteroatoms. The molecule has 2 aromatic carbocycles. The third kappa shape index (κ3) is 3.56. The van der Waals surface area contributed by atoms with Crippen LogP contribution >= 0.6 is 15.9 Å². The zero-order valence-electron chi connectivity index (χ0n) is 14.9. The Hall–Kier alpha value is -1.69. The summed E-state index contributed by atoms with van der Waals surface area (Å²) in [5.41, 5.74) is 4.21. The minimum absolute atomic E-state index is 0.0411. The summed E-state index contributed by atoms with van der Waals surface area (Å²) >= 11 is 3.54. The molecule has 0 aromatic heterocycles. The van der Waals surface area contributed by atoms with Gasteiger partial charge in [-0.25, -0.2) is 0 Å². The predicted octanol–water partition coefficient (Wildman–Crippen LogP) is 4.07. The molecular formula is C21H24BrN3O. The number of aliphatic imine (C=N–C) groups is 1. The molecule has 1 atom stereocenters. The van der Waals surface area contributed by atoms with Gasteiger partial charge in [0.1, 0.15) is 11.4 Å². The molecule has 0 unspecified atom stereocenters. The molecule has 3 N–H and O–H groups in total. The Morgan fingerprint density at radius 3 is 2.58 bits per heavy atom. The summed E-state index contributed by atoms with van der Waals surface area (Å²) < 4.78 is 0.978. The van der Waals surface area contributed by atoms with Crippen LogP contribution in [-0.4, -0.2) is 29.6 Å². The van der Waals surface area contributed by atoms with Gasteiger partial charge in [-0.05, 0) is 56.6 Å². The maximum Gasteiger partial charge on any atom is 0.120 e. The third-order valence-electron chi connectivity index (χ3n) is 5.37. The fourth-order valence-electron chi connectivity index (χ4n) is 3.92. The van der Waals surface area contributed by atoms with Crippen LogP contribution in [0.1, 0.15) is 42.0 Å². The molecule has 0 bridgehead atoms. The second kappa shape index (κ2) is 7.14. The van der Waals surface area contributed by atoms with Crippen LogP contribution in [0.5, 0.6) is 5.75 Å². The van der Waals surface area contributed by atoms with Crippen LogP contribution in [0.2, 0.25) is 0 Å². The highest BCUT2D eigenvalue weighted by Gasteiger charge is 2.38. The fourth-order valence-corrected chi connectivity index (χ4v) is 4.30. The molecule has 26 heavy (non-hydrogen) atoms. The van der Waals surface area contributed by atoms with Crippen molar-refractivity contribution >= 4 is 21.6 Å². The lowest BCUT2D eigenvalue weighted by Gasteiger charge is -2.42. The Morgan fingerprint density at radius 2 is 1.85 bits per heavy atom. The van der Waals surface area contributed by atoms with E-state index in [2.05, 4.69) is 57.8 Å². The van der Waals surface area contributed by atoms with Gasteiger partial charge >= 0.3 is 0 Å². The Labute approximate surface area is 162 Å². The van der Waals surface area contributed by atoms with Crippen molar-refractivity contribution in [2.75, 3.05) is 13.1 Å². The van der Waals surface area contributed by atoms with Gasteiger partial charge in [0.05, 0.1) is 0 Å². The maximum absolute atomic E-state index is 10.5. The van der Waals surface area contributed by atoms with Crippen molar-refractivity contribution in [2.24, 2.45) is 4.99 Å². The van der Waals surface area contributed by atoms with E-state index in [-0.39, 0.29) is 11.7 Å². The highest BCUT2D eigenvalue weighted by Crippen LogP contribution is 2.37. The molecular weight excluding hydrogens is 390 g/mol. The van der Waals surface area contributed by atoms with Gasteiger partial charge in [-0.1, -0.05) is 45.8 Å². The van der Waals surface area contributed by atoms with Gasteiger partial charge in [0.25, 0.3) is 0 Å². The van der Waals surface area contributed by atoms with Crippen molar-refractivity contribution in [1.82, 2.24) is 10.6 Å². The number of aryl methyl sites for hydroxylation is 1. The number of phenolic OH excluding ortho intramolecular Hbond substituents is 1. The maximum atomic E-state index is 10.5. The summed E-state index contributed by atoms with van der Waals surface area (Å²) in [6.07, 6.45) is 2.67. The first-order valence-electron chi connectivity index (χ1n) is 9.17. The van der Waals surface area contributed by atoms with Crippen LogP contribution in [-0.2, 0) is 0 Å². The summed E-state index contributed by atoms with van der Waals surface area (Å²) in [4.78, 5) is 5.17. The summed E-state index contributed by atoms with van der Waals surface area (Å²) in [6, 6.07) is 14.3. The summed E-state index contributed by atoms with van der Waals surface area (Å²) in [5.74, 6) is 0.333. The molecule has 0 radical (unpaired) electrons. The molecule has 2 aromatic rings. The number of aromatic hydroxyl groups is 1. The van der Waals surface area contributed by atoms with E-state index < -0.39 is 0 Å². The lowest BCUT2D eigenvalue weighted by molar-refractivity contribution is 0.216. The average molecular weight is 414 g/mol. The third-order valence-corrected chi connectivity index (χ3v) is 5.86. The van der Waals surface area contributed by atoms with Crippen molar-refractivity contribution < 1.29 is 5.11 Å². The number of halogens is 1. The Morgan fingerprint density at radius 1 is 1.12 bits per heavy atom. The first kappa shape index (κ1) is 17.7. The lowest BCUT2D eigenvalue weighted by Crippen LogP contribution is -2.55. The van der Waals surface area contributed by atoms with E-state index in [9.17, 15) is 5.11 Å². The molecule has 2 aliphatic heterocycles.